The Morgan fingerprint density at radius 3 is 2.36 bits per heavy atom. The van der Waals surface area contributed by atoms with E-state index in [9.17, 15) is 4.79 Å². The number of carbonyl (C=O) groups excluding carboxylic acids is 1. The van der Waals surface area contributed by atoms with Crippen molar-refractivity contribution in [2.45, 2.75) is 65.3 Å². The van der Waals surface area contributed by atoms with Gasteiger partial charge in [-0.05, 0) is 43.6 Å². The van der Waals surface area contributed by atoms with Crippen molar-refractivity contribution in [1.29, 1.82) is 0 Å². The van der Waals surface area contributed by atoms with E-state index in [-0.39, 0.29) is 25.9 Å². The number of rotatable bonds is 9. The van der Waals surface area contributed by atoms with Crippen molar-refractivity contribution < 1.29 is 29.0 Å². The third kappa shape index (κ3) is 6.16. The van der Waals surface area contributed by atoms with Crippen LogP contribution in [0.5, 0.6) is 0 Å². The van der Waals surface area contributed by atoms with Crippen LogP contribution in [0, 0.1) is 6.92 Å². The third-order valence-electron chi connectivity index (χ3n) is 4.16. The van der Waals surface area contributed by atoms with Gasteiger partial charge in [0.05, 0.1) is 16.8 Å². The minimum atomic E-state index is -1.71. The van der Waals surface area contributed by atoms with Crippen LogP contribution in [0.4, 0.5) is 0 Å². The van der Waals surface area contributed by atoms with Gasteiger partial charge in [0.15, 0.2) is 8.32 Å². The molecule has 1 aromatic rings. The maximum atomic E-state index is 11.0. The van der Waals surface area contributed by atoms with E-state index >= 15 is 0 Å². The van der Waals surface area contributed by atoms with Crippen molar-refractivity contribution in [3.8, 4) is 0 Å². The Hall–Kier alpha value is -0.147. The van der Waals surface area contributed by atoms with Crippen LogP contribution in [0.2, 0.25) is 18.1 Å². The van der Waals surface area contributed by atoms with Gasteiger partial charge in [-0.1, -0.05) is 20.8 Å². The van der Waals surface area contributed by atoms with Gasteiger partial charge in [0.25, 0.3) is 0 Å². The number of aldehydes is 1. The summed E-state index contributed by atoms with van der Waals surface area (Å²) >= 11 is 1.64. The zero-order valence-electron chi connectivity index (χ0n) is 14.2. The molecule has 0 radical (unpaired) electrons. The number of nitrogens with zero attached hydrogens (tertiary/aromatic N) is 1. The van der Waals surface area contributed by atoms with Crippen LogP contribution >= 0.6 is 11.3 Å². The molecule has 0 spiro atoms. The van der Waals surface area contributed by atoms with Gasteiger partial charge >= 0.3 is 0 Å². The van der Waals surface area contributed by atoms with Crippen LogP contribution in [0.3, 0.4) is 0 Å². The molecule has 0 aromatic carbocycles. The largest absolute Gasteiger partial charge is 0.410 e. The van der Waals surface area contributed by atoms with Gasteiger partial charge in [0, 0.05) is 31.6 Å². The molecule has 1 heterocycles. The molecule has 22 heavy (non-hydrogen) atoms. The molecule has 1 aromatic heterocycles. The number of aromatic nitrogens is 1. The van der Waals surface area contributed by atoms with E-state index in [0.717, 1.165) is 40.7 Å². The molecule has 0 saturated heterocycles. The second-order valence-electron chi connectivity index (χ2n) is 5.43. The van der Waals surface area contributed by atoms with Crippen LogP contribution in [-0.4, -0.2) is 25.7 Å². The second kappa shape index (κ2) is 10.6. The summed E-state index contributed by atoms with van der Waals surface area (Å²) in [6, 6.07) is 3.29. The van der Waals surface area contributed by atoms with E-state index in [1.165, 1.54) is 0 Å². The topological polar surface area (TPSA) is 39.2 Å². The van der Waals surface area contributed by atoms with Gasteiger partial charge in [-0.3, -0.25) is 0 Å². The Bertz CT molecular complexity index is 478. The minimum absolute atomic E-state index is 0. The molecular formula is C16H27NO2OsSSi. The predicted molar refractivity (Wildman–Crippen MR) is 93.3 cm³/mol. The van der Waals surface area contributed by atoms with Gasteiger partial charge in [-0.15, -0.1) is 11.3 Å². The summed E-state index contributed by atoms with van der Waals surface area (Å²) in [5.41, 5.74) is 2.06. The SMILES string of the molecule is CC[Si](CC)(CC)O[C@H](CC=O)/C(C)=C/c1csc(C)n1.[Os]. The fraction of sp³-hybridized carbons (Fsp3) is 0.625. The first-order valence-corrected chi connectivity index (χ1v) is 11.1. The summed E-state index contributed by atoms with van der Waals surface area (Å²) in [7, 11) is -1.71. The van der Waals surface area contributed by atoms with Crippen molar-refractivity contribution in [2.75, 3.05) is 0 Å². The first kappa shape index (κ1) is 21.9. The zero-order chi connectivity index (χ0) is 15.9. The molecule has 3 nitrogen and oxygen atoms in total. The van der Waals surface area contributed by atoms with Gasteiger partial charge in [0.1, 0.15) is 6.29 Å². The molecule has 0 amide bonds. The monoisotopic (exact) mass is 517 g/mol. The van der Waals surface area contributed by atoms with Crippen LogP contribution in [0.15, 0.2) is 11.0 Å². The van der Waals surface area contributed by atoms with Gasteiger partial charge in [0.2, 0.25) is 0 Å². The number of hydrogen-bond acceptors (Lipinski definition) is 4. The molecule has 0 aliphatic heterocycles. The Morgan fingerprint density at radius 1 is 1.36 bits per heavy atom. The Kier molecular flexibility index (Phi) is 10.5. The van der Waals surface area contributed by atoms with Crippen LogP contribution in [0.1, 0.15) is 44.8 Å². The normalized spacial score (nSPS) is 13.6. The standard InChI is InChI=1S/C16H27NO2SSi.Os/c1-6-21(7-2,8-3)19-16(9-10-18)13(4)11-15-12-20-14(5)17-15;/h10-12,16H,6-9H2,1-5H3;/b13-11+;/t16-;/m1./s1. The quantitative estimate of drug-likeness (QED) is 0.349. The summed E-state index contributed by atoms with van der Waals surface area (Å²) < 4.78 is 6.48. The second-order valence-corrected chi connectivity index (χ2v) is 11.2. The first-order chi connectivity index (χ1) is 10.00. The summed E-state index contributed by atoms with van der Waals surface area (Å²) in [6.45, 7) is 10.7. The van der Waals surface area contributed by atoms with Gasteiger partial charge in [-0.25, -0.2) is 4.98 Å². The van der Waals surface area contributed by atoms with Crippen molar-refractivity contribution in [1.82, 2.24) is 4.98 Å². The van der Waals surface area contributed by atoms with E-state index < -0.39 is 8.32 Å². The van der Waals surface area contributed by atoms with Crippen molar-refractivity contribution in [3.63, 3.8) is 0 Å². The van der Waals surface area contributed by atoms with Gasteiger partial charge in [-0.2, -0.15) is 0 Å². The Morgan fingerprint density at radius 2 is 1.95 bits per heavy atom. The molecule has 1 rings (SSSR count). The molecule has 0 fully saturated rings. The van der Waals surface area contributed by atoms with Crippen LogP contribution < -0.4 is 0 Å². The van der Waals surface area contributed by atoms with E-state index in [4.69, 9.17) is 4.43 Å². The molecule has 0 N–H and O–H groups in total. The van der Waals surface area contributed by atoms with E-state index in [0.29, 0.717) is 6.42 Å². The summed E-state index contributed by atoms with van der Waals surface area (Å²) in [4.78, 5) is 15.5. The van der Waals surface area contributed by atoms with Gasteiger partial charge < -0.3 is 9.22 Å². The molecule has 0 aliphatic rings. The maximum Gasteiger partial charge on any atom is 0.192 e. The minimum Gasteiger partial charge on any atom is -0.410 e. The number of aryl methyl sites for hydroxylation is 1. The number of carbonyl (C=O) groups is 1. The van der Waals surface area contributed by atoms with Crippen LogP contribution in [-0.2, 0) is 29.0 Å². The summed E-state index contributed by atoms with van der Waals surface area (Å²) in [5.74, 6) is 0. The molecule has 0 saturated carbocycles. The third-order valence-corrected chi connectivity index (χ3v) is 9.60. The van der Waals surface area contributed by atoms with Crippen molar-refractivity contribution in [3.05, 3.63) is 21.7 Å². The summed E-state index contributed by atoms with van der Waals surface area (Å²) in [6.07, 6.45) is 3.35. The first-order valence-electron chi connectivity index (χ1n) is 7.72. The molecule has 126 valence electrons. The summed E-state index contributed by atoms with van der Waals surface area (Å²) in [5, 5.41) is 3.10. The van der Waals surface area contributed by atoms with E-state index in [1.807, 2.05) is 19.2 Å². The van der Waals surface area contributed by atoms with Crippen molar-refractivity contribution in [2.24, 2.45) is 0 Å². The molecule has 0 bridgehead atoms. The van der Waals surface area contributed by atoms with E-state index in [1.54, 1.807) is 11.3 Å². The Labute approximate surface area is 152 Å². The average molecular weight is 516 g/mol. The number of hydrogen-bond donors (Lipinski definition) is 0. The zero-order valence-corrected chi connectivity index (χ0v) is 18.5. The average Bonchev–Trinajstić information content (AvgIpc) is 2.89. The fourth-order valence-corrected chi connectivity index (χ4v) is 5.94. The Balaban J connectivity index is 0.00000441. The van der Waals surface area contributed by atoms with E-state index in [2.05, 4.69) is 31.8 Å². The molecule has 0 unspecified atom stereocenters. The van der Waals surface area contributed by atoms with Crippen molar-refractivity contribution >= 4 is 32.0 Å². The molecular weight excluding hydrogens is 489 g/mol. The maximum absolute atomic E-state index is 11.0. The molecule has 1 atom stereocenters. The number of thiazole rings is 1. The predicted octanol–water partition coefficient (Wildman–Crippen LogP) is 4.83. The molecule has 0 aliphatic carbocycles. The molecule has 6 heteroatoms. The van der Waals surface area contributed by atoms with Crippen LogP contribution in [0.25, 0.3) is 6.08 Å². The fourth-order valence-electron chi connectivity index (χ4n) is 2.49. The smallest absolute Gasteiger partial charge is 0.192 e.